The summed E-state index contributed by atoms with van der Waals surface area (Å²) in [7, 11) is 1.98. The second kappa shape index (κ2) is 7.01. The van der Waals surface area contributed by atoms with Crippen LogP contribution in [0.25, 0.3) is 0 Å². The van der Waals surface area contributed by atoms with Gasteiger partial charge in [0.15, 0.2) is 5.01 Å². The van der Waals surface area contributed by atoms with Crippen molar-refractivity contribution in [2.75, 3.05) is 13.6 Å². The summed E-state index contributed by atoms with van der Waals surface area (Å²) < 4.78 is 0. The SMILES string of the molecule is CNCCCCC1(NC(=O)c2nccs2)CCCC1. The van der Waals surface area contributed by atoms with Gasteiger partial charge in [-0.3, -0.25) is 4.79 Å². The van der Waals surface area contributed by atoms with E-state index in [9.17, 15) is 4.79 Å². The zero-order valence-electron chi connectivity index (χ0n) is 11.6. The molecule has 1 aromatic heterocycles. The molecule has 1 fully saturated rings. The van der Waals surface area contributed by atoms with Crippen molar-refractivity contribution in [2.45, 2.75) is 50.5 Å². The molecule has 4 nitrogen and oxygen atoms in total. The van der Waals surface area contributed by atoms with E-state index in [-0.39, 0.29) is 11.4 Å². The summed E-state index contributed by atoms with van der Waals surface area (Å²) in [5, 5.41) is 8.87. The average molecular weight is 281 g/mol. The Morgan fingerprint density at radius 2 is 2.21 bits per heavy atom. The van der Waals surface area contributed by atoms with Crippen molar-refractivity contribution in [3.8, 4) is 0 Å². The Morgan fingerprint density at radius 3 is 2.84 bits per heavy atom. The molecule has 0 aliphatic heterocycles. The van der Waals surface area contributed by atoms with Crippen LogP contribution in [0.4, 0.5) is 0 Å². The third kappa shape index (κ3) is 4.01. The number of hydrogen-bond donors (Lipinski definition) is 2. The monoisotopic (exact) mass is 281 g/mol. The van der Waals surface area contributed by atoms with Crippen LogP contribution in [-0.4, -0.2) is 30.0 Å². The number of nitrogens with zero attached hydrogens (tertiary/aromatic N) is 1. The van der Waals surface area contributed by atoms with Gasteiger partial charge in [0, 0.05) is 17.1 Å². The highest BCUT2D eigenvalue weighted by atomic mass is 32.1. The number of carbonyl (C=O) groups is 1. The number of hydrogen-bond acceptors (Lipinski definition) is 4. The molecule has 0 bridgehead atoms. The van der Waals surface area contributed by atoms with Crippen molar-refractivity contribution in [2.24, 2.45) is 0 Å². The molecule has 2 rings (SSSR count). The topological polar surface area (TPSA) is 54.0 Å². The molecule has 0 aromatic carbocycles. The fraction of sp³-hybridized carbons (Fsp3) is 0.714. The zero-order valence-corrected chi connectivity index (χ0v) is 12.4. The van der Waals surface area contributed by atoms with Gasteiger partial charge < -0.3 is 10.6 Å². The van der Waals surface area contributed by atoms with Crippen LogP contribution in [0, 0.1) is 0 Å². The number of nitrogens with one attached hydrogen (secondary N) is 2. The molecular weight excluding hydrogens is 258 g/mol. The van der Waals surface area contributed by atoms with Gasteiger partial charge in [0.1, 0.15) is 0 Å². The van der Waals surface area contributed by atoms with Crippen LogP contribution in [0.3, 0.4) is 0 Å². The molecular formula is C14H23N3OS. The van der Waals surface area contributed by atoms with E-state index in [0.717, 1.165) is 25.8 Å². The normalized spacial score (nSPS) is 17.5. The molecule has 0 unspecified atom stereocenters. The first-order valence-electron chi connectivity index (χ1n) is 7.12. The molecule has 1 saturated carbocycles. The summed E-state index contributed by atoms with van der Waals surface area (Å²) in [6, 6.07) is 0. The van der Waals surface area contributed by atoms with Gasteiger partial charge in [-0.05, 0) is 45.7 Å². The summed E-state index contributed by atoms with van der Waals surface area (Å²) in [5.41, 5.74) is 0.0243. The summed E-state index contributed by atoms with van der Waals surface area (Å²) in [6.07, 6.45) is 9.80. The summed E-state index contributed by atoms with van der Waals surface area (Å²) in [6.45, 7) is 1.05. The van der Waals surface area contributed by atoms with Crippen LogP contribution in [0.15, 0.2) is 11.6 Å². The Morgan fingerprint density at radius 1 is 1.42 bits per heavy atom. The predicted octanol–water partition coefficient (Wildman–Crippen LogP) is 2.58. The third-order valence-electron chi connectivity index (χ3n) is 3.90. The van der Waals surface area contributed by atoms with Crippen LogP contribution >= 0.6 is 11.3 Å². The van der Waals surface area contributed by atoms with Gasteiger partial charge in [-0.1, -0.05) is 12.8 Å². The van der Waals surface area contributed by atoms with Gasteiger partial charge in [0.2, 0.25) is 0 Å². The van der Waals surface area contributed by atoms with Gasteiger partial charge in [0.05, 0.1) is 0 Å². The molecule has 1 aliphatic rings. The molecule has 1 aromatic rings. The van der Waals surface area contributed by atoms with E-state index in [4.69, 9.17) is 0 Å². The molecule has 0 atom stereocenters. The van der Waals surface area contributed by atoms with E-state index in [1.54, 1.807) is 6.20 Å². The highest BCUT2D eigenvalue weighted by Gasteiger charge is 2.35. The Balaban J connectivity index is 1.89. The molecule has 2 N–H and O–H groups in total. The van der Waals surface area contributed by atoms with Crippen molar-refractivity contribution in [3.63, 3.8) is 0 Å². The van der Waals surface area contributed by atoms with Crippen LogP contribution < -0.4 is 10.6 Å². The second-order valence-corrected chi connectivity index (χ2v) is 6.23. The molecule has 1 heterocycles. The summed E-state index contributed by atoms with van der Waals surface area (Å²) in [5.74, 6) is 0.00511. The summed E-state index contributed by atoms with van der Waals surface area (Å²) in [4.78, 5) is 16.3. The van der Waals surface area contributed by atoms with Crippen LogP contribution in [-0.2, 0) is 0 Å². The lowest BCUT2D eigenvalue weighted by atomic mass is 9.90. The maximum absolute atomic E-state index is 12.2. The number of thiazole rings is 1. The van der Waals surface area contributed by atoms with E-state index in [1.165, 1.54) is 37.0 Å². The first-order valence-corrected chi connectivity index (χ1v) is 8.00. The third-order valence-corrected chi connectivity index (χ3v) is 4.67. The van der Waals surface area contributed by atoms with Crippen LogP contribution in [0.2, 0.25) is 0 Å². The minimum atomic E-state index is 0.00511. The fourth-order valence-electron chi connectivity index (χ4n) is 2.88. The lowest BCUT2D eigenvalue weighted by Gasteiger charge is -2.30. The zero-order chi connectivity index (χ0) is 13.6. The molecule has 1 aliphatic carbocycles. The Kier molecular flexibility index (Phi) is 5.34. The standard InChI is InChI=1S/C14H23N3OS/c1-15-9-5-4-8-14(6-2-3-7-14)17-12(18)13-16-10-11-19-13/h10-11,15H,2-9H2,1H3,(H,17,18). The molecule has 106 valence electrons. The summed E-state index contributed by atoms with van der Waals surface area (Å²) >= 11 is 1.41. The van der Waals surface area contributed by atoms with E-state index in [1.807, 2.05) is 12.4 Å². The average Bonchev–Trinajstić information content (AvgIpc) is 3.06. The second-order valence-electron chi connectivity index (χ2n) is 5.34. The number of aromatic nitrogens is 1. The van der Waals surface area contributed by atoms with Crippen molar-refractivity contribution < 1.29 is 4.79 Å². The highest BCUT2D eigenvalue weighted by Crippen LogP contribution is 2.34. The van der Waals surface area contributed by atoms with Gasteiger partial charge in [-0.25, -0.2) is 4.98 Å². The van der Waals surface area contributed by atoms with E-state index in [2.05, 4.69) is 15.6 Å². The lowest BCUT2D eigenvalue weighted by molar-refractivity contribution is 0.0892. The van der Waals surface area contributed by atoms with Gasteiger partial charge >= 0.3 is 0 Å². The number of carbonyl (C=O) groups excluding carboxylic acids is 1. The Hall–Kier alpha value is -0.940. The maximum atomic E-state index is 12.2. The van der Waals surface area contributed by atoms with Crippen molar-refractivity contribution in [1.29, 1.82) is 0 Å². The molecule has 0 saturated heterocycles. The number of amides is 1. The van der Waals surface area contributed by atoms with Crippen molar-refractivity contribution >= 4 is 17.2 Å². The van der Waals surface area contributed by atoms with E-state index < -0.39 is 0 Å². The first kappa shape index (κ1) is 14.5. The van der Waals surface area contributed by atoms with Gasteiger partial charge in [0.25, 0.3) is 5.91 Å². The minimum absolute atomic E-state index is 0.00511. The number of unbranched alkanes of at least 4 members (excludes halogenated alkanes) is 1. The largest absolute Gasteiger partial charge is 0.345 e. The van der Waals surface area contributed by atoms with E-state index in [0.29, 0.717) is 5.01 Å². The molecule has 0 radical (unpaired) electrons. The molecule has 0 spiro atoms. The van der Waals surface area contributed by atoms with Crippen molar-refractivity contribution in [3.05, 3.63) is 16.6 Å². The fourth-order valence-corrected chi connectivity index (χ4v) is 3.41. The molecule has 1 amide bonds. The van der Waals surface area contributed by atoms with Gasteiger partial charge in [-0.2, -0.15) is 0 Å². The molecule has 5 heteroatoms. The number of rotatable bonds is 7. The van der Waals surface area contributed by atoms with Crippen LogP contribution in [0.5, 0.6) is 0 Å². The van der Waals surface area contributed by atoms with Gasteiger partial charge in [-0.15, -0.1) is 11.3 Å². The van der Waals surface area contributed by atoms with Crippen molar-refractivity contribution in [1.82, 2.24) is 15.6 Å². The smallest absolute Gasteiger partial charge is 0.280 e. The van der Waals surface area contributed by atoms with Crippen LogP contribution in [0.1, 0.15) is 54.7 Å². The van der Waals surface area contributed by atoms with E-state index >= 15 is 0 Å². The highest BCUT2D eigenvalue weighted by molar-refractivity contribution is 7.11. The molecule has 19 heavy (non-hydrogen) atoms. The lowest BCUT2D eigenvalue weighted by Crippen LogP contribution is -2.46. The first-order chi connectivity index (χ1) is 9.26. The minimum Gasteiger partial charge on any atom is -0.345 e. The predicted molar refractivity (Wildman–Crippen MR) is 78.6 cm³/mol. The Labute approximate surface area is 119 Å². The Bertz CT molecular complexity index is 385. The quantitative estimate of drug-likeness (QED) is 0.755. The maximum Gasteiger partial charge on any atom is 0.280 e.